The summed E-state index contributed by atoms with van der Waals surface area (Å²) < 4.78 is 0. The van der Waals surface area contributed by atoms with Crippen molar-refractivity contribution in [3.63, 3.8) is 0 Å². The number of hydrogen-bond acceptors (Lipinski definition) is 0. The fraction of sp³-hybridized carbons (Fsp3) is 0.0909. The summed E-state index contributed by atoms with van der Waals surface area (Å²) in [5.74, 6) is 0. The molecule has 23 heavy (non-hydrogen) atoms. The van der Waals surface area contributed by atoms with E-state index in [1.54, 1.807) is 0 Å². The third-order valence-electron chi connectivity index (χ3n) is 3.72. The molecule has 0 amide bonds. The van der Waals surface area contributed by atoms with Gasteiger partial charge < -0.3 is 0 Å². The normalized spacial score (nSPS) is 14.4. The van der Waals surface area contributed by atoms with Gasteiger partial charge in [0, 0.05) is 0 Å². The second-order valence-corrected chi connectivity index (χ2v) is 5.23. The topological polar surface area (TPSA) is 0 Å². The Morgan fingerprint density at radius 2 is 1.00 bits per heavy atom. The molecule has 0 spiro atoms. The van der Waals surface area contributed by atoms with Gasteiger partial charge in [-0.25, -0.2) is 0 Å². The van der Waals surface area contributed by atoms with Crippen LogP contribution in [0.1, 0.15) is 24.0 Å². The van der Waals surface area contributed by atoms with Crippen molar-refractivity contribution >= 4 is 11.1 Å². The third-order valence-corrected chi connectivity index (χ3v) is 3.72. The minimum atomic E-state index is 0. The van der Waals surface area contributed by atoms with Gasteiger partial charge in [0.1, 0.15) is 0 Å². The van der Waals surface area contributed by atoms with Crippen molar-refractivity contribution in [2.45, 2.75) is 12.8 Å². The summed E-state index contributed by atoms with van der Waals surface area (Å²) in [4.78, 5) is 0. The summed E-state index contributed by atoms with van der Waals surface area (Å²) in [6, 6.07) is 22.2. The Balaban J connectivity index is 0.000000160. The summed E-state index contributed by atoms with van der Waals surface area (Å²) in [7, 11) is 0. The van der Waals surface area contributed by atoms with Crippen LogP contribution in [0.4, 0.5) is 0 Å². The molecule has 2 aliphatic carbocycles. The van der Waals surface area contributed by atoms with Crippen LogP contribution in [0.2, 0.25) is 0 Å². The Labute approximate surface area is 153 Å². The molecule has 0 atom stereocenters. The van der Waals surface area contributed by atoms with Gasteiger partial charge in [-0.05, 0) is 12.8 Å². The van der Waals surface area contributed by atoms with Crippen molar-refractivity contribution in [2.75, 3.05) is 0 Å². The summed E-state index contributed by atoms with van der Waals surface area (Å²) in [5.41, 5.74) is 5.43. The molecule has 110 valence electrons. The van der Waals surface area contributed by atoms with Crippen molar-refractivity contribution in [1.82, 2.24) is 0 Å². The molecular weight excluding hydrogens is 312 g/mol. The Kier molecular flexibility index (Phi) is 7.06. The predicted octanol–water partition coefficient (Wildman–Crippen LogP) is 5.66. The molecule has 0 radical (unpaired) electrons. The van der Waals surface area contributed by atoms with Gasteiger partial charge in [0.15, 0.2) is 0 Å². The predicted molar refractivity (Wildman–Crippen MR) is 94.0 cm³/mol. The average molecular weight is 330 g/mol. The fourth-order valence-corrected chi connectivity index (χ4v) is 2.52. The molecule has 0 aromatic heterocycles. The monoisotopic (exact) mass is 330 g/mol. The summed E-state index contributed by atoms with van der Waals surface area (Å²) in [5, 5.41) is 0. The second-order valence-electron chi connectivity index (χ2n) is 5.23. The largest absolute Gasteiger partial charge is 2.00 e. The fourth-order valence-electron chi connectivity index (χ4n) is 2.52. The van der Waals surface area contributed by atoms with Crippen molar-refractivity contribution in [3.8, 4) is 0 Å². The van der Waals surface area contributed by atoms with Gasteiger partial charge in [0.05, 0.1) is 0 Å². The summed E-state index contributed by atoms with van der Waals surface area (Å²) in [6.07, 6.45) is 15.0. The molecule has 2 aliphatic rings. The van der Waals surface area contributed by atoms with E-state index in [4.69, 9.17) is 0 Å². The molecule has 2 aromatic carbocycles. The van der Waals surface area contributed by atoms with Gasteiger partial charge in [-0.2, -0.15) is 60.7 Å². The zero-order valence-corrected chi connectivity index (χ0v) is 14.6. The van der Waals surface area contributed by atoms with E-state index in [0.29, 0.717) is 0 Å². The molecule has 0 heterocycles. The van der Waals surface area contributed by atoms with Crippen molar-refractivity contribution in [1.29, 1.82) is 0 Å². The summed E-state index contributed by atoms with van der Waals surface area (Å²) in [6.45, 7) is 0. The van der Waals surface area contributed by atoms with Gasteiger partial charge in [-0.1, -0.05) is 47.6 Å². The minimum absolute atomic E-state index is 0. The van der Waals surface area contributed by atoms with Crippen molar-refractivity contribution < 1.29 is 21.7 Å². The van der Waals surface area contributed by atoms with Gasteiger partial charge in [-0.15, -0.1) is 11.1 Å². The molecule has 4 rings (SSSR count). The SMILES string of the molecule is [Ti+2].[c-]1ccc(C2=CC=CC2)cc1.[c-]1ccc(C2=CC=CC2)cc1. The molecular formula is C22H18Ti. The maximum Gasteiger partial charge on any atom is 2.00 e. The zero-order valence-electron chi connectivity index (χ0n) is 13.0. The average Bonchev–Trinajstić information content (AvgIpc) is 3.31. The Bertz CT molecular complexity index is 654. The first kappa shape index (κ1) is 17.5. The number of rotatable bonds is 2. The van der Waals surface area contributed by atoms with Crippen LogP contribution in [0.25, 0.3) is 11.1 Å². The van der Waals surface area contributed by atoms with E-state index in [2.05, 4.69) is 72.9 Å². The molecule has 0 N–H and O–H groups in total. The first-order valence-corrected chi connectivity index (χ1v) is 7.58. The van der Waals surface area contributed by atoms with Gasteiger partial charge >= 0.3 is 21.7 Å². The van der Waals surface area contributed by atoms with Crippen molar-refractivity contribution in [3.05, 3.63) is 108 Å². The smallest absolute Gasteiger partial charge is 0.184 e. The van der Waals surface area contributed by atoms with Crippen LogP contribution in [-0.4, -0.2) is 0 Å². The Hall–Kier alpha value is -1.89. The number of hydrogen-bond donors (Lipinski definition) is 0. The van der Waals surface area contributed by atoms with E-state index in [1.807, 2.05) is 24.3 Å². The Morgan fingerprint density at radius 3 is 1.30 bits per heavy atom. The van der Waals surface area contributed by atoms with Crippen LogP contribution < -0.4 is 0 Å². The standard InChI is InChI=1S/2C11H9.Ti/c2*1-2-6-10(7-3-1)11-8-4-5-9-11;/h2*2-8H,9H2;/q2*-1;+2. The molecule has 0 aliphatic heterocycles. The second kappa shape index (κ2) is 9.30. The van der Waals surface area contributed by atoms with E-state index in [1.165, 1.54) is 22.3 Å². The van der Waals surface area contributed by atoms with E-state index in [-0.39, 0.29) is 21.7 Å². The molecule has 1 heteroatoms. The van der Waals surface area contributed by atoms with E-state index in [0.717, 1.165) is 12.8 Å². The number of allylic oxidation sites excluding steroid dienone is 8. The van der Waals surface area contributed by atoms with E-state index >= 15 is 0 Å². The molecule has 0 bridgehead atoms. The minimum Gasteiger partial charge on any atom is -0.184 e. The van der Waals surface area contributed by atoms with Crippen LogP contribution >= 0.6 is 0 Å². The van der Waals surface area contributed by atoms with Gasteiger partial charge in [0.25, 0.3) is 0 Å². The van der Waals surface area contributed by atoms with Crippen LogP contribution in [0, 0.1) is 12.1 Å². The third kappa shape index (κ3) is 5.06. The molecule has 0 fully saturated rings. The van der Waals surface area contributed by atoms with Crippen molar-refractivity contribution in [2.24, 2.45) is 0 Å². The molecule has 0 saturated carbocycles. The van der Waals surface area contributed by atoms with E-state index < -0.39 is 0 Å². The first-order chi connectivity index (χ1) is 10.9. The van der Waals surface area contributed by atoms with E-state index in [9.17, 15) is 0 Å². The molecule has 2 aromatic rings. The molecule has 0 nitrogen and oxygen atoms in total. The van der Waals surface area contributed by atoms with Gasteiger partial charge in [-0.3, -0.25) is 0 Å². The molecule has 0 unspecified atom stereocenters. The number of benzene rings is 2. The van der Waals surface area contributed by atoms with Crippen LogP contribution in [0.3, 0.4) is 0 Å². The van der Waals surface area contributed by atoms with Crippen LogP contribution in [0.15, 0.2) is 85.0 Å². The molecule has 0 saturated heterocycles. The Morgan fingerprint density at radius 1 is 0.609 bits per heavy atom. The maximum absolute atomic E-state index is 3.01. The summed E-state index contributed by atoms with van der Waals surface area (Å²) >= 11 is 0. The quantitative estimate of drug-likeness (QED) is 0.492. The zero-order chi connectivity index (χ0) is 15.0. The van der Waals surface area contributed by atoms with Crippen LogP contribution in [-0.2, 0) is 21.7 Å². The maximum atomic E-state index is 3.01. The first-order valence-electron chi connectivity index (χ1n) is 7.58. The van der Waals surface area contributed by atoms with Crippen LogP contribution in [0.5, 0.6) is 0 Å². The van der Waals surface area contributed by atoms with Gasteiger partial charge in [0.2, 0.25) is 0 Å².